The number of nitrogens with one attached hydrogen (secondary N) is 1. The largest absolute Gasteiger partial charge is 0.486 e. The number of carbonyl (C=O) groups is 1. The molecule has 7 nitrogen and oxygen atoms in total. The molecule has 1 aliphatic rings. The lowest BCUT2D eigenvalue weighted by Crippen LogP contribution is -2.30. The Bertz CT molecular complexity index is 1250. The first kappa shape index (κ1) is 23.0. The van der Waals surface area contributed by atoms with Crippen LogP contribution < -0.4 is 15.0 Å². The van der Waals surface area contributed by atoms with Crippen LogP contribution in [0.3, 0.4) is 0 Å². The second kappa shape index (κ2) is 10.7. The van der Waals surface area contributed by atoms with Crippen molar-refractivity contribution in [1.29, 1.82) is 0 Å². The number of para-hydroxylation sites is 1. The molecule has 0 atom stereocenters. The van der Waals surface area contributed by atoms with E-state index >= 15 is 0 Å². The molecule has 0 saturated carbocycles. The third kappa shape index (κ3) is 5.45. The first-order chi connectivity index (χ1) is 16.1. The Morgan fingerprint density at radius 1 is 1.09 bits per heavy atom. The van der Waals surface area contributed by atoms with E-state index < -0.39 is 0 Å². The maximum absolute atomic E-state index is 12.7. The van der Waals surface area contributed by atoms with Crippen LogP contribution in [0, 0.1) is 4.77 Å². The number of ether oxygens (including phenoxy) is 2. The molecular formula is C25H29N3O4S. The number of benzene rings is 2. The minimum absolute atomic E-state index is 0.0676. The van der Waals surface area contributed by atoms with Crippen molar-refractivity contribution in [3.63, 3.8) is 0 Å². The van der Waals surface area contributed by atoms with Crippen molar-refractivity contribution in [3.05, 3.63) is 63.2 Å². The highest BCUT2D eigenvalue weighted by atomic mass is 32.1. The zero-order valence-electron chi connectivity index (χ0n) is 18.8. The van der Waals surface area contributed by atoms with Crippen molar-refractivity contribution in [3.8, 4) is 11.5 Å². The highest BCUT2D eigenvalue weighted by molar-refractivity contribution is 7.71. The lowest BCUT2D eigenvalue weighted by Gasteiger charge is -2.23. The van der Waals surface area contributed by atoms with Gasteiger partial charge in [0.15, 0.2) is 16.3 Å². The fourth-order valence-electron chi connectivity index (χ4n) is 4.07. The molecule has 0 spiro atoms. The van der Waals surface area contributed by atoms with Crippen LogP contribution in [0.5, 0.6) is 11.5 Å². The molecule has 33 heavy (non-hydrogen) atoms. The molecule has 1 N–H and O–H groups in total. The van der Waals surface area contributed by atoms with Gasteiger partial charge in [0.2, 0.25) is 5.91 Å². The zero-order valence-corrected chi connectivity index (χ0v) is 19.7. The van der Waals surface area contributed by atoms with E-state index in [0.717, 1.165) is 41.8 Å². The van der Waals surface area contributed by atoms with Gasteiger partial charge in [-0.05, 0) is 61.8 Å². The number of aromatic amines is 1. The number of amides is 1. The van der Waals surface area contributed by atoms with E-state index in [1.54, 1.807) is 10.6 Å². The van der Waals surface area contributed by atoms with Crippen molar-refractivity contribution >= 4 is 29.0 Å². The van der Waals surface area contributed by atoms with Gasteiger partial charge in [-0.1, -0.05) is 24.6 Å². The van der Waals surface area contributed by atoms with Crippen LogP contribution in [-0.2, 0) is 17.9 Å². The maximum Gasteiger partial charge on any atom is 0.262 e. The van der Waals surface area contributed by atoms with Gasteiger partial charge >= 0.3 is 0 Å². The van der Waals surface area contributed by atoms with Gasteiger partial charge in [-0.25, -0.2) is 0 Å². The van der Waals surface area contributed by atoms with Gasteiger partial charge in [0.25, 0.3) is 5.56 Å². The van der Waals surface area contributed by atoms with Crippen LogP contribution >= 0.6 is 12.2 Å². The Morgan fingerprint density at radius 3 is 2.70 bits per heavy atom. The lowest BCUT2D eigenvalue weighted by molar-refractivity contribution is -0.131. The highest BCUT2D eigenvalue weighted by Gasteiger charge is 2.16. The van der Waals surface area contributed by atoms with Crippen molar-refractivity contribution in [2.45, 2.75) is 45.7 Å². The molecule has 2 aromatic carbocycles. The van der Waals surface area contributed by atoms with Gasteiger partial charge in [-0.2, -0.15) is 0 Å². The summed E-state index contributed by atoms with van der Waals surface area (Å²) >= 11 is 5.37. The quantitative estimate of drug-likeness (QED) is 0.372. The predicted molar refractivity (Wildman–Crippen MR) is 130 cm³/mol. The number of fused-ring (bicyclic) bond motifs is 2. The Morgan fingerprint density at radius 2 is 1.88 bits per heavy atom. The minimum Gasteiger partial charge on any atom is -0.486 e. The number of hydrogen-bond acceptors (Lipinski definition) is 5. The molecule has 3 aromatic rings. The molecule has 0 aliphatic carbocycles. The third-order valence-electron chi connectivity index (χ3n) is 5.88. The van der Waals surface area contributed by atoms with Crippen molar-refractivity contribution in [1.82, 2.24) is 14.5 Å². The Hall–Kier alpha value is -3.13. The minimum atomic E-state index is -0.0676. The maximum atomic E-state index is 12.7. The molecule has 8 heteroatoms. The molecule has 0 unspecified atom stereocenters. The summed E-state index contributed by atoms with van der Waals surface area (Å²) in [7, 11) is 0. The molecular weight excluding hydrogens is 438 g/mol. The average molecular weight is 468 g/mol. The van der Waals surface area contributed by atoms with Gasteiger partial charge in [0, 0.05) is 26.1 Å². The summed E-state index contributed by atoms with van der Waals surface area (Å²) in [5, 5.41) is 0.638. The van der Waals surface area contributed by atoms with E-state index in [1.165, 1.54) is 0 Å². The van der Waals surface area contributed by atoms with E-state index in [9.17, 15) is 9.59 Å². The van der Waals surface area contributed by atoms with Crippen LogP contribution in [0.2, 0.25) is 0 Å². The van der Waals surface area contributed by atoms with Gasteiger partial charge in [-0.3, -0.25) is 14.2 Å². The summed E-state index contributed by atoms with van der Waals surface area (Å²) in [6, 6.07) is 13.2. The normalized spacial score (nSPS) is 12.6. The van der Waals surface area contributed by atoms with Gasteiger partial charge in [0.05, 0.1) is 10.9 Å². The van der Waals surface area contributed by atoms with Crippen molar-refractivity contribution in [2.75, 3.05) is 19.8 Å². The standard InChI is InChI=1S/C25H29N3O4S/c1-2-27(17-18-11-12-21-22(16-18)32-15-14-31-21)23(29)10-4-3-7-13-28-24(30)19-8-5-6-9-20(19)26-25(28)33/h5-6,8-9,11-12,16H,2-4,7,10,13-15,17H2,1H3,(H,26,33). The number of nitrogens with zero attached hydrogens (tertiary/aromatic N) is 2. The monoisotopic (exact) mass is 467 g/mol. The Labute approximate surface area is 197 Å². The SMILES string of the molecule is CCN(Cc1ccc2c(c1)OCCO2)C(=O)CCCCCn1c(=S)[nH]c2ccccc2c1=O. The second-order valence-corrected chi connectivity index (χ2v) is 8.52. The van der Waals surface area contributed by atoms with Crippen LogP contribution in [0.4, 0.5) is 0 Å². The van der Waals surface area contributed by atoms with Crippen molar-refractivity contribution < 1.29 is 14.3 Å². The third-order valence-corrected chi connectivity index (χ3v) is 6.20. The summed E-state index contributed by atoms with van der Waals surface area (Å²) in [4.78, 5) is 30.4. The first-order valence-electron chi connectivity index (χ1n) is 11.4. The first-order valence-corrected chi connectivity index (χ1v) is 11.9. The smallest absolute Gasteiger partial charge is 0.262 e. The summed E-state index contributed by atoms with van der Waals surface area (Å²) in [6.07, 6.45) is 2.89. The molecule has 4 rings (SSSR count). The topological polar surface area (TPSA) is 76.6 Å². The number of unbranched alkanes of at least 4 members (excludes halogenated alkanes) is 2. The van der Waals surface area contributed by atoms with Gasteiger partial charge in [-0.15, -0.1) is 0 Å². The fraction of sp³-hybridized carbons (Fsp3) is 0.400. The number of hydrogen-bond donors (Lipinski definition) is 1. The van der Waals surface area contributed by atoms with E-state index in [2.05, 4.69) is 4.98 Å². The number of rotatable bonds is 9. The van der Waals surface area contributed by atoms with E-state index in [-0.39, 0.29) is 11.5 Å². The fourth-order valence-corrected chi connectivity index (χ4v) is 4.35. The van der Waals surface area contributed by atoms with E-state index in [1.807, 2.05) is 48.2 Å². The molecule has 1 aromatic heterocycles. The summed E-state index contributed by atoms with van der Waals surface area (Å²) in [6.45, 7) is 4.84. The molecule has 0 fully saturated rings. The van der Waals surface area contributed by atoms with Crippen LogP contribution in [0.15, 0.2) is 47.3 Å². The van der Waals surface area contributed by atoms with Crippen molar-refractivity contribution in [2.24, 2.45) is 0 Å². The highest BCUT2D eigenvalue weighted by Crippen LogP contribution is 2.31. The molecule has 174 valence electrons. The van der Waals surface area contributed by atoms with Gasteiger partial charge < -0.3 is 19.4 Å². The molecule has 2 heterocycles. The van der Waals surface area contributed by atoms with E-state index in [4.69, 9.17) is 21.7 Å². The van der Waals surface area contributed by atoms with E-state index in [0.29, 0.717) is 49.4 Å². The Kier molecular flexibility index (Phi) is 7.44. The molecule has 0 saturated heterocycles. The lowest BCUT2D eigenvalue weighted by atomic mass is 10.1. The summed E-state index contributed by atoms with van der Waals surface area (Å²) < 4.78 is 13.3. The second-order valence-electron chi connectivity index (χ2n) is 8.13. The number of aromatic nitrogens is 2. The number of carbonyl (C=O) groups excluding carboxylic acids is 1. The average Bonchev–Trinajstić information content (AvgIpc) is 2.83. The number of H-pyrrole nitrogens is 1. The summed E-state index contributed by atoms with van der Waals surface area (Å²) in [5.41, 5.74) is 1.72. The molecule has 0 bridgehead atoms. The molecule has 0 radical (unpaired) electrons. The predicted octanol–water partition coefficient (Wildman–Crippen LogP) is 4.44. The van der Waals surface area contributed by atoms with Crippen LogP contribution in [0.1, 0.15) is 38.2 Å². The zero-order chi connectivity index (χ0) is 23.2. The van der Waals surface area contributed by atoms with Gasteiger partial charge in [0.1, 0.15) is 13.2 Å². The van der Waals surface area contributed by atoms with Crippen LogP contribution in [0.25, 0.3) is 10.9 Å². The Balaban J connectivity index is 1.27. The molecule has 1 aliphatic heterocycles. The molecule has 1 amide bonds. The van der Waals surface area contributed by atoms with Crippen LogP contribution in [-0.4, -0.2) is 40.1 Å². The summed E-state index contributed by atoms with van der Waals surface area (Å²) in [5.74, 6) is 1.63.